The Balaban J connectivity index is 2.75. The summed E-state index contributed by atoms with van der Waals surface area (Å²) in [6, 6.07) is 4.10. The Morgan fingerprint density at radius 1 is 1.37 bits per heavy atom. The van der Waals surface area contributed by atoms with Crippen LogP contribution in [-0.2, 0) is 0 Å². The van der Waals surface area contributed by atoms with Gasteiger partial charge in [0.2, 0.25) is 0 Å². The third-order valence-corrected chi connectivity index (χ3v) is 2.54. The van der Waals surface area contributed by atoms with Gasteiger partial charge in [-0.25, -0.2) is 14.0 Å². The number of halogens is 1. The molecule has 2 aromatic rings. The number of nitrogens with one attached hydrogen (secondary N) is 1. The van der Waals surface area contributed by atoms with Crippen LogP contribution in [0.25, 0.3) is 5.69 Å². The van der Waals surface area contributed by atoms with Gasteiger partial charge in [-0.2, -0.15) is 0 Å². The normalized spacial score (nSPS) is 10.4. The molecule has 0 saturated carbocycles. The zero-order valence-corrected chi connectivity index (χ0v) is 9.81. The predicted molar refractivity (Wildman–Crippen MR) is 64.3 cm³/mol. The molecule has 1 aromatic carbocycles. The third kappa shape index (κ3) is 2.30. The highest BCUT2D eigenvalue weighted by molar-refractivity contribution is 5.86. The summed E-state index contributed by atoms with van der Waals surface area (Å²) < 4.78 is 14.5. The van der Waals surface area contributed by atoms with E-state index in [2.05, 4.69) is 0 Å². The molecule has 6 nitrogen and oxygen atoms in total. The van der Waals surface area contributed by atoms with E-state index in [1.54, 1.807) is 13.0 Å². The van der Waals surface area contributed by atoms with E-state index in [-0.39, 0.29) is 5.69 Å². The maximum atomic E-state index is 13.8. The van der Waals surface area contributed by atoms with Crippen molar-refractivity contribution in [2.45, 2.75) is 6.92 Å². The van der Waals surface area contributed by atoms with Gasteiger partial charge in [0.05, 0.1) is 5.69 Å². The van der Waals surface area contributed by atoms with Gasteiger partial charge >= 0.3 is 11.7 Å². The maximum Gasteiger partial charge on any atom is 0.342 e. The molecule has 0 bridgehead atoms. The van der Waals surface area contributed by atoms with Crippen molar-refractivity contribution in [3.05, 3.63) is 62.2 Å². The van der Waals surface area contributed by atoms with Crippen LogP contribution in [0.3, 0.4) is 0 Å². The molecule has 0 atom stereocenters. The zero-order valence-electron chi connectivity index (χ0n) is 9.81. The first-order valence-electron chi connectivity index (χ1n) is 5.26. The first kappa shape index (κ1) is 12.7. The summed E-state index contributed by atoms with van der Waals surface area (Å²) in [5.41, 5.74) is -2.05. The summed E-state index contributed by atoms with van der Waals surface area (Å²) in [6.07, 6.45) is 0.803. The van der Waals surface area contributed by atoms with Crippen LogP contribution in [0.4, 0.5) is 4.39 Å². The van der Waals surface area contributed by atoms with Gasteiger partial charge in [-0.15, -0.1) is 0 Å². The topological polar surface area (TPSA) is 92.2 Å². The molecular weight excluding hydrogens is 255 g/mol. The second kappa shape index (κ2) is 4.52. The largest absolute Gasteiger partial charge is 0.477 e. The summed E-state index contributed by atoms with van der Waals surface area (Å²) >= 11 is 0. The minimum absolute atomic E-state index is 0.130. The molecule has 0 saturated heterocycles. The SMILES string of the molecule is Cc1ccc(-n2cc(C(=O)O)c(=O)[nH]c2=O)c(F)c1. The second-order valence-electron chi connectivity index (χ2n) is 3.93. The number of aromatic nitrogens is 2. The molecule has 0 aliphatic rings. The predicted octanol–water partition coefficient (Wildman–Crippen LogP) is 0.672. The molecule has 19 heavy (non-hydrogen) atoms. The maximum absolute atomic E-state index is 13.8. The van der Waals surface area contributed by atoms with Crippen LogP contribution in [0.1, 0.15) is 15.9 Å². The van der Waals surface area contributed by atoms with Gasteiger partial charge in [0, 0.05) is 6.20 Å². The molecule has 0 unspecified atom stereocenters. The first-order chi connectivity index (χ1) is 8.90. The summed E-state index contributed by atoms with van der Waals surface area (Å²) in [5, 5.41) is 8.81. The van der Waals surface area contributed by atoms with Crippen molar-refractivity contribution < 1.29 is 14.3 Å². The standard InChI is InChI=1S/C12H9FN2O4/c1-6-2-3-9(8(13)4-6)15-5-7(11(17)18)10(16)14-12(15)19/h2-5H,1H3,(H,17,18)(H,14,16,19). The number of benzene rings is 1. The molecule has 1 heterocycles. The number of H-pyrrole nitrogens is 1. The molecule has 0 radical (unpaired) electrons. The Morgan fingerprint density at radius 3 is 2.63 bits per heavy atom. The number of hydrogen-bond acceptors (Lipinski definition) is 3. The Morgan fingerprint density at radius 2 is 2.05 bits per heavy atom. The molecule has 98 valence electrons. The van der Waals surface area contributed by atoms with Crippen molar-refractivity contribution in [1.29, 1.82) is 0 Å². The minimum atomic E-state index is -1.50. The molecule has 0 fully saturated rings. The number of aromatic amines is 1. The van der Waals surface area contributed by atoms with Gasteiger partial charge in [0.25, 0.3) is 5.56 Å². The molecule has 7 heteroatoms. The highest BCUT2D eigenvalue weighted by atomic mass is 19.1. The lowest BCUT2D eigenvalue weighted by Crippen LogP contribution is -2.32. The van der Waals surface area contributed by atoms with Gasteiger partial charge in [0.1, 0.15) is 11.4 Å². The number of carboxylic acids is 1. The van der Waals surface area contributed by atoms with E-state index in [9.17, 15) is 18.8 Å². The lowest BCUT2D eigenvalue weighted by molar-refractivity contribution is 0.0694. The van der Waals surface area contributed by atoms with Crippen LogP contribution in [0, 0.1) is 12.7 Å². The van der Waals surface area contributed by atoms with Gasteiger partial charge in [-0.1, -0.05) is 6.07 Å². The smallest absolute Gasteiger partial charge is 0.342 e. The van der Waals surface area contributed by atoms with E-state index in [1.807, 2.05) is 4.98 Å². The lowest BCUT2D eigenvalue weighted by atomic mass is 10.2. The van der Waals surface area contributed by atoms with Gasteiger partial charge in [0.15, 0.2) is 0 Å². The number of hydrogen-bond donors (Lipinski definition) is 2. The van der Waals surface area contributed by atoms with Crippen LogP contribution < -0.4 is 11.2 Å². The molecule has 0 aliphatic carbocycles. The van der Waals surface area contributed by atoms with Crippen LogP contribution in [0.2, 0.25) is 0 Å². The summed E-state index contributed by atoms with van der Waals surface area (Å²) in [7, 11) is 0. The van der Waals surface area contributed by atoms with E-state index in [1.165, 1.54) is 12.1 Å². The van der Waals surface area contributed by atoms with Crippen molar-refractivity contribution in [2.24, 2.45) is 0 Å². The summed E-state index contributed by atoms with van der Waals surface area (Å²) in [6.45, 7) is 1.67. The quantitative estimate of drug-likeness (QED) is 0.833. The summed E-state index contributed by atoms with van der Waals surface area (Å²) in [5.74, 6) is -2.19. The van der Waals surface area contributed by atoms with Crippen LogP contribution in [0.5, 0.6) is 0 Å². The number of rotatable bonds is 2. The van der Waals surface area contributed by atoms with Gasteiger partial charge in [-0.3, -0.25) is 14.3 Å². The van der Waals surface area contributed by atoms with Gasteiger partial charge < -0.3 is 5.11 Å². The Labute approximate surface area is 105 Å². The number of carboxylic acid groups (broad SMARTS) is 1. The molecule has 2 N–H and O–H groups in total. The fraction of sp³-hybridized carbons (Fsp3) is 0.0833. The minimum Gasteiger partial charge on any atom is -0.477 e. The summed E-state index contributed by atoms with van der Waals surface area (Å²) in [4.78, 5) is 35.5. The first-order valence-corrected chi connectivity index (χ1v) is 5.26. The number of aryl methyl sites for hydroxylation is 1. The van der Waals surface area contributed by atoms with Crippen molar-refractivity contribution >= 4 is 5.97 Å². The number of nitrogens with zero attached hydrogens (tertiary/aromatic N) is 1. The Bertz CT molecular complexity index is 776. The number of carbonyl (C=O) groups is 1. The average Bonchev–Trinajstić information content (AvgIpc) is 2.30. The van der Waals surface area contributed by atoms with Crippen LogP contribution >= 0.6 is 0 Å². The molecule has 0 amide bonds. The van der Waals surface area contributed by atoms with E-state index in [0.717, 1.165) is 10.8 Å². The highest BCUT2D eigenvalue weighted by Gasteiger charge is 2.14. The van der Waals surface area contributed by atoms with E-state index in [0.29, 0.717) is 5.56 Å². The monoisotopic (exact) mass is 264 g/mol. The van der Waals surface area contributed by atoms with E-state index in [4.69, 9.17) is 5.11 Å². The van der Waals surface area contributed by atoms with E-state index < -0.39 is 28.6 Å². The van der Waals surface area contributed by atoms with E-state index >= 15 is 0 Å². The van der Waals surface area contributed by atoms with Crippen molar-refractivity contribution in [3.63, 3.8) is 0 Å². The van der Waals surface area contributed by atoms with Crippen LogP contribution in [-0.4, -0.2) is 20.6 Å². The highest BCUT2D eigenvalue weighted by Crippen LogP contribution is 2.12. The molecule has 0 aliphatic heterocycles. The molecule has 1 aromatic heterocycles. The van der Waals surface area contributed by atoms with Gasteiger partial charge in [-0.05, 0) is 24.6 Å². The molecule has 0 spiro atoms. The van der Waals surface area contributed by atoms with Crippen molar-refractivity contribution in [3.8, 4) is 5.69 Å². The zero-order chi connectivity index (χ0) is 14.2. The van der Waals surface area contributed by atoms with Crippen molar-refractivity contribution in [2.75, 3.05) is 0 Å². The Kier molecular flexibility index (Phi) is 3.04. The molecular formula is C12H9FN2O4. The Hall–Kier alpha value is -2.70. The molecule has 2 rings (SSSR count). The van der Waals surface area contributed by atoms with Crippen LogP contribution in [0.15, 0.2) is 34.0 Å². The third-order valence-electron chi connectivity index (χ3n) is 2.54. The second-order valence-corrected chi connectivity index (χ2v) is 3.93. The average molecular weight is 264 g/mol. The lowest BCUT2D eigenvalue weighted by Gasteiger charge is -2.07. The fourth-order valence-corrected chi connectivity index (χ4v) is 1.61. The number of aromatic carboxylic acids is 1. The fourth-order valence-electron chi connectivity index (χ4n) is 1.61. The van der Waals surface area contributed by atoms with Crippen molar-refractivity contribution in [1.82, 2.24) is 9.55 Å².